The van der Waals surface area contributed by atoms with Gasteiger partial charge in [0, 0.05) is 13.5 Å². The van der Waals surface area contributed by atoms with E-state index in [9.17, 15) is 14.4 Å². The molecule has 8 nitrogen and oxygen atoms in total. The van der Waals surface area contributed by atoms with Gasteiger partial charge in [0.15, 0.2) is 0 Å². The van der Waals surface area contributed by atoms with E-state index in [2.05, 4.69) is 11.9 Å². The zero-order chi connectivity index (χ0) is 15.4. The molecule has 2 atom stereocenters. The first-order valence-electron chi connectivity index (χ1n) is 6.74. The lowest BCUT2D eigenvalue weighted by molar-refractivity contribution is -0.126. The number of hydrogen-bond donors (Lipinski definition) is 1. The van der Waals surface area contributed by atoms with Crippen LogP contribution in [0.5, 0.6) is 0 Å². The Labute approximate surface area is 122 Å². The van der Waals surface area contributed by atoms with Gasteiger partial charge < -0.3 is 14.8 Å². The molecule has 0 bridgehead atoms. The molecule has 0 radical (unpaired) electrons. The van der Waals surface area contributed by atoms with Gasteiger partial charge >= 0.3 is 12.1 Å². The predicted molar refractivity (Wildman–Crippen MR) is 72.6 cm³/mol. The Morgan fingerprint density at radius 2 is 1.86 bits per heavy atom. The first-order chi connectivity index (χ1) is 10.0. The van der Waals surface area contributed by atoms with Gasteiger partial charge in [0.1, 0.15) is 0 Å². The summed E-state index contributed by atoms with van der Waals surface area (Å²) in [5, 5.41) is 2.60. The van der Waals surface area contributed by atoms with E-state index in [1.54, 1.807) is 0 Å². The number of epoxide rings is 2. The summed E-state index contributed by atoms with van der Waals surface area (Å²) in [5.74, 6) is -0.428. The maximum Gasteiger partial charge on any atom is 0.335 e. The number of rotatable bonds is 6. The average Bonchev–Trinajstić information content (AvgIpc) is 3.33. The number of amides is 5. The van der Waals surface area contributed by atoms with Gasteiger partial charge in [-0.1, -0.05) is 6.08 Å². The highest BCUT2D eigenvalue weighted by molar-refractivity contribution is 6.01. The third-order valence-corrected chi connectivity index (χ3v) is 3.07. The van der Waals surface area contributed by atoms with E-state index in [0.717, 1.165) is 9.80 Å². The van der Waals surface area contributed by atoms with Gasteiger partial charge in [-0.15, -0.1) is 6.58 Å². The molecule has 1 unspecified atom stereocenters. The minimum absolute atomic E-state index is 0.0124. The third-order valence-electron chi connectivity index (χ3n) is 3.07. The van der Waals surface area contributed by atoms with Crippen LogP contribution >= 0.6 is 0 Å². The summed E-state index contributed by atoms with van der Waals surface area (Å²) in [6, 6.07) is -1.24. The van der Waals surface area contributed by atoms with Gasteiger partial charge in [-0.2, -0.15) is 0 Å². The van der Waals surface area contributed by atoms with Crippen LogP contribution in [-0.4, -0.2) is 72.8 Å². The van der Waals surface area contributed by atoms with Gasteiger partial charge in [0.2, 0.25) is 5.91 Å². The minimum Gasteiger partial charge on any atom is -0.371 e. The number of urea groups is 2. The van der Waals surface area contributed by atoms with Crippen LogP contribution in [0.4, 0.5) is 9.59 Å². The number of imide groups is 2. The molecule has 0 aliphatic carbocycles. The molecule has 0 aromatic heterocycles. The Kier molecular flexibility index (Phi) is 4.92. The van der Waals surface area contributed by atoms with Gasteiger partial charge in [0.25, 0.3) is 0 Å². The number of nitrogens with one attached hydrogen (secondary N) is 1. The van der Waals surface area contributed by atoms with Crippen molar-refractivity contribution in [2.24, 2.45) is 0 Å². The normalized spacial score (nSPS) is 22.1. The molecule has 2 rings (SSSR count). The molecule has 0 spiro atoms. The second-order valence-electron chi connectivity index (χ2n) is 4.91. The largest absolute Gasteiger partial charge is 0.371 e. The summed E-state index contributed by atoms with van der Waals surface area (Å²) in [6.07, 6.45) is 1.31. The van der Waals surface area contributed by atoms with Crippen molar-refractivity contribution in [2.45, 2.75) is 19.1 Å². The van der Waals surface area contributed by atoms with Crippen molar-refractivity contribution in [3.05, 3.63) is 12.7 Å². The van der Waals surface area contributed by atoms with Crippen molar-refractivity contribution >= 4 is 18.0 Å². The predicted octanol–water partition coefficient (Wildman–Crippen LogP) is -0.0499. The van der Waals surface area contributed by atoms with Crippen LogP contribution in [0.15, 0.2) is 12.7 Å². The molecule has 116 valence electrons. The third kappa shape index (κ3) is 4.54. The summed E-state index contributed by atoms with van der Waals surface area (Å²) in [7, 11) is 0. The van der Waals surface area contributed by atoms with E-state index in [-0.39, 0.29) is 25.3 Å². The molecular weight excluding hydrogens is 278 g/mol. The van der Waals surface area contributed by atoms with E-state index >= 15 is 0 Å². The van der Waals surface area contributed by atoms with Gasteiger partial charge in [-0.3, -0.25) is 9.69 Å². The quantitative estimate of drug-likeness (QED) is 0.548. The molecule has 2 fully saturated rings. The molecule has 8 heteroatoms. The molecule has 0 aromatic rings. The molecule has 2 aliphatic heterocycles. The molecule has 1 N–H and O–H groups in total. The average molecular weight is 297 g/mol. The number of hydrogen-bond acceptors (Lipinski definition) is 5. The Bertz CT molecular complexity index is 445. The fraction of sp³-hybridized carbons (Fsp3) is 0.615. The van der Waals surface area contributed by atoms with Crippen LogP contribution in [0.2, 0.25) is 0 Å². The van der Waals surface area contributed by atoms with Crippen molar-refractivity contribution in [3.8, 4) is 0 Å². The number of carbonyl (C=O) groups is 3. The topological polar surface area (TPSA) is 94.8 Å². The number of ether oxygens (including phenoxy) is 2. The van der Waals surface area contributed by atoms with Crippen molar-refractivity contribution in [2.75, 3.05) is 32.8 Å². The fourth-order valence-corrected chi connectivity index (χ4v) is 1.72. The summed E-state index contributed by atoms with van der Waals surface area (Å²) in [4.78, 5) is 38.0. The zero-order valence-corrected chi connectivity index (χ0v) is 11.9. The van der Waals surface area contributed by atoms with Crippen LogP contribution in [0.25, 0.3) is 0 Å². The van der Waals surface area contributed by atoms with Crippen LogP contribution in [-0.2, 0) is 14.3 Å². The van der Waals surface area contributed by atoms with Crippen molar-refractivity contribution in [1.82, 2.24) is 15.1 Å². The maximum absolute atomic E-state index is 12.4. The highest BCUT2D eigenvalue weighted by Gasteiger charge is 2.34. The highest BCUT2D eigenvalue weighted by Crippen LogP contribution is 2.13. The van der Waals surface area contributed by atoms with E-state index in [0.29, 0.717) is 19.8 Å². The second kappa shape index (κ2) is 6.68. The molecule has 0 saturated carbocycles. The Morgan fingerprint density at radius 3 is 2.33 bits per heavy atom. The smallest absolute Gasteiger partial charge is 0.335 e. The van der Waals surface area contributed by atoms with Gasteiger partial charge in [-0.25, -0.2) is 14.5 Å². The standard InChI is InChI=1S/C13H19N3O5/c1-3-4-15(12(18)14-5-10-7-20-10)13(19)16(9(2)17)6-11-8-21-11/h3,10-11H,1,4-8H2,2H3,(H,14,18)/t10-,11?/m1/s1. The van der Waals surface area contributed by atoms with Crippen LogP contribution < -0.4 is 5.32 Å². The summed E-state index contributed by atoms with van der Waals surface area (Å²) >= 11 is 0. The summed E-state index contributed by atoms with van der Waals surface area (Å²) in [6.45, 7) is 6.44. The fourth-order valence-electron chi connectivity index (χ4n) is 1.72. The van der Waals surface area contributed by atoms with Crippen LogP contribution in [0.3, 0.4) is 0 Å². The van der Waals surface area contributed by atoms with Crippen LogP contribution in [0, 0.1) is 0 Å². The van der Waals surface area contributed by atoms with Gasteiger partial charge in [0.05, 0.1) is 38.5 Å². The molecule has 2 saturated heterocycles. The Hall–Kier alpha value is -1.93. The molecular formula is C13H19N3O5. The second-order valence-corrected chi connectivity index (χ2v) is 4.91. The molecule has 2 heterocycles. The van der Waals surface area contributed by atoms with E-state index in [1.165, 1.54) is 13.0 Å². The Balaban J connectivity index is 1.98. The van der Waals surface area contributed by atoms with E-state index in [4.69, 9.17) is 9.47 Å². The molecule has 5 amide bonds. The van der Waals surface area contributed by atoms with E-state index in [1.807, 2.05) is 0 Å². The van der Waals surface area contributed by atoms with Crippen LogP contribution in [0.1, 0.15) is 6.92 Å². The number of nitrogens with zero attached hydrogens (tertiary/aromatic N) is 2. The lowest BCUT2D eigenvalue weighted by Gasteiger charge is -2.26. The van der Waals surface area contributed by atoms with Crippen molar-refractivity contribution < 1.29 is 23.9 Å². The van der Waals surface area contributed by atoms with Gasteiger partial charge in [-0.05, 0) is 0 Å². The lowest BCUT2D eigenvalue weighted by atomic mass is 10.4. The maximum atomic E-state index is 12.4. The first-order valence-corrected chi connectivity index (χ1v) is 6.74. The molecule has 0 aromatic carbocycles. The minimum atomic E-state index is -0.674. The number of carbonyl (C=O) groups excluding carboxylic acids is 3. The Morgan fingerprint density at radius 1 is 1.24 bits per heavy atom. The summed E-state index contributed by atoms with van der Waals surface area (Å²) in [5.41, 5.74) is 0. The SMILES string of the molecule is C=CCN(C(=O)NC[C@@H]1CO1)C(=O)N(CC1CO1)C(C)=O. The summed E-state index contributed by atoms with van der Waals surface area (Å²) < 4.78 is 10.0. The van der Waals surface area contributed by atoms with Crippen molar-refractivity contribution in [1.29, 1.82) is 0 Å². The zero-order valence-electron chi connectivity index (χ0n) is 11.9. The van der Waals surface area contributed by atoms with E-state index < -0.39 is 18.0 Å². The molecule has 21 heavy (non-hydrogen) atoms. The van der Waals surface area contributed by atoms with Crippen molar-refractivity contribution in [3.63, 3.8) is 0 Å². The monoisotopic (exact) mass is 297 g/mol. The lowest BCUT2D eigenvalue weighted by Crippen LogP contribution is -2.52. The molecule has 2 aliphatic rings. The highest BCUT2D eigenvalue weighted by atomic mass is 16.6. The first kappa shape index (κ1) is 15.5.